The molecule has 15 unspecified atom stereocenters. The first-order chi connectivity index (χ1) is 54.2. The van der Waals surface area contributed by atoms with E-state index in [-0.39, 0.29) is 105 Å². The number of aromatic nitrogens is 12. The fourth-order valence-corrected chi connectivity index (χ4v) is 23.8. The van der Waals surface area contributed by atoms with Crippen molar-refractivity contribution in [2.45, 2.75) is 95.0 Å². The highest BCUT2D eigenvalue weighted by atomic mass is 31.2. The number of ether oxygens (including phenoxy) is 5. The lowest BCUT2D eigenvalue weighted by Gasteiger charge is -2.46. The third kappa shape index (κ3) is 18.3. The predicted octanol–water partition coefficient (Wildman–Crippen LogP) is 0.591. The molecule has 6 aromatic rings. The Hall–Kier alpha value is -7.04. The molecule has 10 N–H and O–H groups in total. The Bertz CT molecular complexity index is 5150. The number of nitrogen functional groups attached to an aromatic ring is 2. The number of nitrogens with zero attached hydrogens (tertiary/aromatic N) is 20. The molecule has 0 spiro atoms. The Kier molecular flexibility index (Phi) is 26.6. The number of guanidine groups is 1. The lowest BCUT2D eigenvalue weighted by atomic mass is 10.3. The maximum Gasteiger partial charge on any atom is 0.351 e. The van der Waals surface area contributed by atoms with Crippen molar-refractivity contribution in [3.05, 3.63) is 119 Å². The summed E-state index contributed by atoms with van der Waals surface area (Å²) in [5.74, 6) is 0.540. The van der Waals surface area contributed by atoms with E-state index in [2.05, 4.69) is 57.1 Å². The highest BCUT2D eigenvalue weighted by molar-refractivity contribution is 7.57. The van der Waals surface area contributed by atoms with Crippen molar-refractivity contribution in [1.82, 2.24) is 110 Å². The molecule has 0 radical (unpaired) electrons. The summed E-state index contributed by atoms with van der Waals surface area (Å²) in [5.41, 5.74) is 15.8. The van der Waals surface area contributed by atoms with Crippen LogP contribution in [0.3, 0.4) is 0 Å². The predicted molar refractivity (Wildman–Crippen MR) is 421 cm³/mol. The highest BCUT2D eigenvalue weighted by Gasteiger charge is 2.51. The molecule has 0 bridgehead atoms. The minimum Gasteiger partial charge on any atom is -0.383 e. The summed E-state index contributed by atoms with van der Waals surface area (Å²) in [6.45, 7) is 7.16. The fraction of sp³-hybridized carbons (Fsp3) is 0.635. The van der Waals surface area contributed by atoms with E-state index in [1.165, 1.54) is 131 Å². The van der Waals surface area contributed by atoms with Crippen molar-refractivity contribution in [1.29, 1.82) is 0 Å². The molecule has 5 saturated heterocycles. The second-order valence-electron chi connectivity index (χ2n) is 29.6. The lowest BCUT2D eigenvalue weighted by molar-refractivity contribution is -0.132. The number of hydrogen-bond acceptors (Lipinski definition) is 31. The SMILES string of the molecule is C=C1NC(N)=Nc2c1ncn2C1CNCC(COP(=O)(N(C)C)N2CC(COP(=O)(N(C)C)N3CC(COP(=O)(N(C)C)N4CC(COP(=O)(N(C)C)N5CC(COP(=O)(C(C)C)N(C)C)OC(n6cc(C)c(=O)[nH]c6=O)C5)OC(n5ccc(N)nc5=O)C4)OC(n4cc(C)c(=O)[nH]c4=O)C3)OC(n3cnc4c(N)ncnc43)C2)O1. The monoisotopic (exact) mass is 1710 g/mol. The molecule has 6 aromatic heterocycles. The molecular formula is C63H102N27O20P5. The summed E-state index contributed by atoms with van der Waals surface area (Å²) < 4.78 is 164. The van der Waals surface area contributed by atoms with E-state index in [0.717, 1.165) is 13.7 Å². The molecule has 115 heavy (non-hydrogen) atoms. The smallest absolute Gasteiger partial charge is 0.351 e. The first-order valence-corrected chi connectivity index (χ1v) is 44.4. The number of H-pyrrole nitrogens is 2. The van der Waals surface area contributed by atoms with Crippen molar-refractivity contribution in [2.75, 3.05) is 180 Å². The van der Waals surface area contributed by atoms with Gasteiger partial charge in [0.25, 0.3) is 18.6 Å². The van der Waals surface area contributed by atoms with E-state index in [0.29, 0.717) is 30.3 Å². The third-order valence-electron chi connectivity index (χ3n) is 20.0. The van der Waals surface area contributed by atoms with Crippen LogP contribution in [0.25, 0.3) is 16.9 Å². The Morgan fingerprint density at radius 1 is 0.522 bits per heavy atom. The van der Waals surface area contributed by atoms with Gasteiger partial charge in [-0.3, -0.25) is 65.2 Å². The molecule has 12 heterocycles. The van der Waals surface area contributed by atoms with E-state index in [1.54, 1.807) is 62.2 Å². The van der Waals surface area contributed by atoms with Crippen LogP contribution in [0.5, 0.6) is 0 Å². The van der Waals surface area contributed by atoms with E-state index >= 15 is 18.3 Å². The molecular weight excluding hydrogens is 1610 g/mol. The zero-order valence-electron chi connectivity index (χ0n) is 66.3. The van der Waals surface area contributed by atoms with Crippen LogP contribution in [0.4, 0.5) is 17.5 Å². The second kappa shape index (κ2) is 35.1. The molecule has 52 heteroatoms. The van der Waals surface area contributed by atoms with Gasteiger partial charge in [-0.15, -0.1) is 0 Å². The van der Waals surface area contributed by atoms with Crippen molar-refractivity contribution in [2.24, 2.45) is 10.7 Å². The van der Waals surface area contributed by atoms with Crippen LogP contribution in [0.15, 0.2) is 79.2 Å². The second-order valence-corrected chi connectivity index (χ2v) is 43.2. The molecule has 6 aliphatic heterocycles. The van der Waals surface area contributed by atoms with Gasteiger partial charge in [-0.05, 0) is 90.4 Å². The van der Waals surface area contributed by atoms with Crippen LogP contribution in [-0.2, 0) is 69.1 Å². The largest absolute Gasteiger partial charge is 0.383 e. The van der Waals surface area contributed by atoms with Crippen LogP contribution in [-0.4, -0.2) is 311 Å². The van der Waals surface area contributed by atoms with Gasteiger partial charge in [-0.2, -0.15) is 9.98 Å². The van der Waals surface area contributed by atoms with Gasteiger partial charge in [-0.25, -0.2) is 76.4 Å². The zero-order chi connectivity index (χ0) is 83.3. The summed E-state index contributed by atoms with van der Waals surface area (Å²) in [6, 6.07) is 1.36. The molecule has 634 valence electrons. The van der Waals surface area contributed by atoms with Crippen LogP contribution in [0.1, 0.15) is 61.8 Å². The van der Waals surface area contributed by atoms with Crippen LogP contribution < -0.4 is 56.0 Å². The Morgan fingerprint density at radius 2 is 0.939 bits per heavy atom. The van der Waals surface area contributed by atoms with Gasteiger partial charge in [0.05, 0.1) is 108 Å². The van der Waals surface area contributed by atoms with Crippen molar-refractivity contribution < 1.29 is 69.1 Å². The minimum absolute atomic E-state index is 0.0851. The molecule has 0 amide bonds. The average Bonchev–Trinajstić information content (AvgIpc) is 1.64. The number of nitrogens with one attached hydrogen (secondary N) is 4. The third-order valence-corrected chi connectivity index (χ3v) is 33.1. The van der Waals surface area contributed by atoms with Crippen LogP contribution in [0.2, 0.25) is 0 Å². The molecule has 0 saturated carbocycles. The minimum atomic E-state index is -4.46. The maximum atomic E-state index is 16.3. The number of nitrogens with two attached hydrogens (primary N) is 3. The number of imidazole rings is 2. The number of hydrogen-bond donors (Lipinski definition) is 7. The van der Waals surface area contributed by atoms with Gasteiger partial charge in [0, 0.05) is 74.6 Å². The van der Waals surface area contributed by atoms with Crippen molar-refractivity contribution in [3.8, 4) is 0 Å². The highest BCUT2D eigenvalue weighted by Crippen LogP contribution is 2.60. The van der Waals surface area contributed by atoms with Gasteiger partial charge in [0.1, 0.15) is 35.8 Å². The summed E-state index contributed by atoms with van der Waals surface area (Å²) in [7, 11) is -5.35. The van der Waals surface area contributed by atoms with Crippen LogP contribution >= 0.6 is 38.2 Å². The quantitative estimate of drug-likeness (QED) is 0.0303. The number of aliphatic imine (C=N–C) groups is 1. The lowest BCUT2D eigenvalue weighted by Crippen LogP contribution is -2.52. The van der Waals surface area contributed by atoms with Gasteiger partial charge in [0.15, 0.2) is 41.9 Å². The number of anilines is 2. The van der Waals surface area contributed by atoms with Gasteiger partial charge in [-0.1, -0.05) is 20.4 Å². The summed E-state index contributed by atoms with van der Waals surface area (Å²) in [6.07, 6.45) is -2.57. The van der Waals surface area contributed by atoms with E-state index in [9.17, 15) is 28.5 Å². The van der Waals surface area contributed by atoms with E-state index in [1.807, 2.05) is 0 Å². The molecule has 0 aliphatic carbocycles. The summed E-state index contributed by atoms with van der Waals surface area (Å²) in [5, 5.41) is 6.24. The zero-order valence-corrected chi connectivity index (χ0v) is 70.8. The van der Waals surface area contributed by atoms with E-state index < -0.39 is 154 Å². The average molecular weight is 1710 g/mol. The van der Waals surface area contributed by atoms with E-state index in [4.69, 9.17) is 63.5 Å². The number of rotatable bonds is 30. The number of morpholine rings is 5. The first kappa shape index (κ1) is 87.3. The Labute approximate surface area is 660 Å². The number of fused-ring (bicyclic) bond motifs is 2. The normalized spacial score (nSPS) is 26.5. The molecule has 15 atom stereocenters. The Balaban J connectivity index is 0.812. The Morgan fingerprint density at radius 3 is 1.37 bits per heavy atom. The van der Waals surface area contributed by atoms with Crippen molar-refractivity contribution >= 4 is 78.5 Å². The maximum absolute atomic E-state index is 16.3. The number of aromatic amines is 2. The summed E-state index contributed by atoms with van der Waals surface area (Å²) in [4.78, 5) is 97.3. The summed E-state index contributed by atoms with van der Waals surface area (Å²) >= 11 is 0. The molecule has 0 aromatic carbocycles. The van der Waals surface area contributed by atoms with Crippen molar-refractivity contribution in [3.63, 3.8) is 0 Å². The fourth-order valence-electron chi connectivity index (χ4n) is 14.0. The molecule has 6 aliphatic rings. The molecule has 47 nitrogen and oxygen atoms in total. The first-order valence-electron chi connectivity index (χ1n) is 36.6. The molecule has 5 fully saturated rings. The van der Waals surface area contributed by atoms with Crippen LogP contribution in [0, 0.1) is 13.8 Å². The topological polar surface area (TPSA) is 527 Å². The van der Waals surface area contributed by atoms with Gasteiger partial charge >= 0.3 is 47.8 Å². The standard InChI is InChI=1S/C63H102N27O20P5/c1-38(2)111(96,77(6)7)101-31-43-22-83(27-50(108-43)87-20-39(3)58(91)75-62(87)94)114(99,80(12)13)103-32-44-23-82(26-49(107-44)86-17-16-47(64)73-61(86)93)113(98,79(10)11)104-33-45-24-84(28-51(109-45)88-21-40(4)59(92)76-63(88)95)115(100,81(14)15)105-34-46-25-85(29-52(110-46)90-37-71-54-55(65)68-35-69-56(54)90)112(97,78(8)9)102-30-42-18-67-19-48(106-42)89-36-70-53-41(5)72-60(66)74-57(53)89/h16-17,20-21,35-38,42-46,48-52,67H,5,18-19,22-34H2,1-4,6-15H3,(H2,64,73,93)(H2,65,68,69)(H3,66,72,74)(H,75,91,94)(H,76,92,95). The van der Waals surface area contributed by atoms with Gasteiger partial charge < -0.3 is 74.1 Å². The molecule has 12 rings (SSSR count). The van der Waals surface area contributed by atoms with Gasteiger partial charge in [0.2, 0.25) is 0 Å². The number of aryl methyl sites for hydroxylation is 2.